The van der Waals surface area contributed by atoms with Gasteiger partial charge in [-0.2, -0.15) is 0 Å². The number of aromatic nitrogens is 1. The maximum absolute atomic E-state index is 12.2. The summed E-state index contributed by atoms with van der Waals surface area (Å²) in [5.41, 5.74) is 0.0429. The van der Waals surface area contributed by atoms with Crippen LogP contribution in [-0.2, 0) is 11.8 Å². The third-order valence-electron chi connectivity index (χ3n) is 2.73. The highest BCUT2D eigenvalue weighted by Gasteiger charge is 2.15. The van der Waals surface area contributed by atoms with Gasteiger partial charge in [-0.15, -0.1) is 0 Å². The molecule has 0 aliphatic heterocycles. The molecule has 0 saturated heterocycles. The minimum atomic E-state index is -1.21. The van der Waals surface area contributed by atoms with E-state index < -0.39 is 5.97 Å². The topological polar surface area (TPSA) is 59.3 Å². The van der Waals surface area contributed by atoms with E-state index in [1.165, 1.54) is 6.20 Å². The summed E-state index contributed by atoms with van der Waals surface area (Å²) in [6.45, 7) is 3.41. The molecule has 1 aromatic heterocycles. The number of nitrogens with zero attached hydrogens (tertiary/aromatic N) is 1. The number of para-hydroxylation sites is 1. The summed E-state index contributed by atoms with van der Waals surface area (Å²) in [6.07, 6.45) is 1.44. The van der Waals surface area contributed by atoms with Crippen molar-refractivity contribution < 1.29 is 9.90 Å². The van der Waals surface area contributed by atoms with Gasteiger partial charge in [0.2, 0.25) is 0 Å². The predicted molar refractivity (Wildman–Crippen MR) is 70.9 cm³/mol. The number of aliphatic carboxylic acids is 1. The van der Waals surface area contributed by atoms with Crippen LogP contribution in [0.25, 0.3) is 16.5 Å². The first kappa shape index (κ1) is 12.4. The average molecular weight is 264 g/mol. The van der Waals surface area contributed by atoms with E-state index in [4.69, 9.17) is 16.7 Å². The van der Waals surface area contributed by atoms with Gasteiger partial charge in [0.15, 0.2) is 5.43 Å². The first-order chi connectivity index (χ1) is 8.43. The Morgan fingerprint density at radius 2 is 2.11 bits per heavy atom. The number of hydrogen-bond donors (Lipinski definition) is 1. The van der Waals surface area contributed by atoms with Crippen LogP contribution < -0.4 is 5.43 Å². The van der Waals surface area contributed by atoms with Crippen molar-refractivity contribution in [2.45, 2.75) is 0 Å². The lowest BCUT2D eigenvalue weighted by atomic mass is 10.1. The van der Waals surface area contributed by atoms with Gasteiger partial charge in [-0.3, -0.25) is 4.79 Å². The molecule has 0 atom stereocenters. The number of pyridine rings is 1. The normalized spacial score (nSPS) is 10.6. The number of carboxylic acids is 1. The summed E-state index contributed by atoms with van der Waals surface area (Å²) < 4.78 is 1.63. The number of aryl methyl sites for hydroxylation is 1. The molecule has 92 valence electrons. The molecule has 1 N–H and O–H groups in total. The molecular weight excluding hydrogens is 254 g/mol. The second-order valence-corrected chi connectivity index (χ2v) is 4.31. The Kier molecular flexibility index (Phi) is 2.97. The minimum absolute atomic E-state index is 0.0692. The number of hydrogen-bond acceptors (Lipinski definition) is 2. The van der Waals surface area contributed by atoms with Crippen LogP contribution in [0.2, 0.25) is 5.02 Å². The second kappa shape index (κ2) is 4.31. The summed E-state index contributed by atoms with van der Waals surface area (Å²) in [4.78, 5) is 23.1. The summed E-state index contributed by atoms with van der Waals surface area (Å²) in [6, 6.07) is 4.94. The Bertz CT molecular complexity index is 731. The van der Waals surface area contributed by atoms with Crippen molar-refractivity contribution in [2.75, 3.05) is 0 Å². The maximum atomic E-state index is 12.2. The Hall–Kier alpha value is -2.07. The molecule has 0 aliphatic carbocycles. The average Bonchev–Trinajstić information content (AvgIpc) is 2.32. The molecule has 0 bridgehead atoms. The largest absolute Gasteiger partial charge is 0.478 e. The summed E-state index contributed by atoms with van der Waals surface area (Å²) in [5, 5.41) is 9.73. The van der Waals surface area contributed by atoms with Gasteiger partial charge in [0.1, 0.15) is 0 Å². The number of carboxylic acid groups (broad SMARTS) is 1. The van der Waals surface area contributed by atoms with E-state index in [-0.39, 0.29) is 16.6 Å². The third-order valence-corrected chi connectivity index (χ3v) is 3.04. The molecule has 2 rings (SSSR count). The fourth-order valence-electron chi connectivity index (χ4n) is 1.85. The highest BCUT2D eigenvalue weighted by atomic mass is 35.5. The molecule has 0 amide bonds. The molecule has 0 radical (unpaired) electrons. The molecule has 4 nitrogen and oxygen atoms in total. The van der Waals surface area contributed by atoms with E-state index in [9.17, 15) is 9.59 Å². The lowest BCUT2D eigenvalue weighted by Gasteiger charge is -2.10. The monoisotopic (exact) mass is 263 g/mol. The standard InChI is InChI=1S/C13H10ClNO3/c1-7(13(17)18)9-6-15(2)11-8(12(9)16)4-3-5-10(11)14/h3-6H,1H2,2H3,(H,17,18). The van der Waals surface area contributed by atoms with Crippen molar-refractivity contribution in [1.82, 2.24) is 4.57 Å². The zero-order valence-corrected chi connectivity index (χ0v) is 10.4. The van der Waals surface area contributed by atoms with Crippen molar-refractivity contribution in [2.24, 2.45) is 7.05 Å². The molecule has 0 aliphatic rings. The molecule has 0 saturated carbocycles. The maximum Gasteiger partial charge on any atom is 0.335 e. The van der Waals surface area contributed by atoms with Crippen molar-refractivity contribution in [3.63, 3.8) is 0 Å². The Labute approximate surface area is 108 Å². The number of rotatable bonds is 2. The number of carbonyl (C=O) groups is 1. The highest BCUT2D eigenvalue weighted by Crippen LogP contribution is 2.22. The van der Waals surface area contributed by atoms with Gasteiger partial charge < -0.3 is 9.67 Å². The van der Waals surface area contributed by atoms with E-state index in [1.807, 2.05) is 0 Å². The van der Waals surface area contributed by atoms with E-state index in [1.54, 1.807) is 29.8 Å². The molecule has 2 aromatic rings. The van der Waals surface area contributed by atoms with Crippen molar-refractivity contribution >= 4 is 34.0 Å². The lowest BCUT2D eigenvalue weighted by Crippen LogP contribution is -2.15. The van der Waals surface area contributed by atoms with Crippen LogP contribution in [-0.4, -0.2) is 15.6 Å². The lowest BCUT2D eigenvalue weighted by molar-refractivity contribution is -0.130. The van der Waals surface area contributed by atoms with Crippen molar-refractivity contribution in [1.29, 1.82) is 0 Å². The Morgan fingerprint density at radius 1 is 1.44 bits per heavy atom. The molecule has 1 aromatic carbocycles. The Balaban J connectivity index is 2.90. The predicted octanol–water partition coefficient (Wildman–Crippen LogP) is 2.29. The van der Waals surface area contributed by atoms with Crippen LogP contribution in [0, 0.1) is 0 Å². The van der Waals surface area contributed by atoms with Gasteiger partial charge in [-0.25, -0.2) is 4.79 Å². The van der Waals surface area contributed by atoms with Gasteiger partial charge in [0.25, 0.3) is 0 Å². The summed E-state index contributed by atoms with van der Waals surface area (Å²) in [5.74, 6) is -1.21. The van der Waals surface area contributed by atoms with Crippen LogP contribution >= 0.6 is 11.6 Å². The van der Waals surface area contributed by atoms with E-state index in [0.29, 0.717) is 15.9 Å². The van der Waals surface area contributed by atoms with Crippen molar-refractivity contribution in [3.8, 4) is 0 Å². The van der Waals surface area contributed by atoms with Gasteiger partial charge in [-0.1, -0.05) is 24.2 Å². The smallest absolute Gasteiger partial charge is 0.335 e. The molecule has 1 heterocycles. The Morgan fingerprint density at radius 3 is 2.72 bits per heavy atom. The first-order valence-electron chi connectivity index (χ1n) is 5.14. The molecule has 0 unspecified atom stereocenters. The van der Waals surface area contributed by atoms with Crippen molar-refractivity contribution in [3.05, 3.63) is 51.8 Å². The number of benzene rings is 1. The van der Waals surface area contributed by atoms with Crippen LogP contribution in [0.3, 0.4) is 0 Å². The molecule has 0 fully saturated rings. The molecule has 18 heavy (non-hydrogen) atoms. The van der Waals surface area contributed by atoms with Gasteiger partial charge in [0.05, 0.1) is 21.7 Å². The molecule has 5 heteroatoms. The fraction of sp³-hybridized carbons (Fsp3) is 0.0769. The van der Waals surface area contributed by atoms with Crippen LogP contribution in [0.4, 0.5) is 0 Å². The fourth-order valence-corrected chi connectivity index (χ4v) is 2.16. The third kappa shape index (κ3) is 1.80. The van der Waals surface area contributed by atoms with Gasteiger partial charge in [-0.05, 0) is 12.1 Å². The van der Waals surface area contributed by atoms with E-state index >= 15 is 0 Å². The zero-order valence-electron chi connectivity index (χ0n) is 9.61. The SMILES string of the molecule is C=C(C(=O)O)c1cn(C)c2c(Cl)cccc2c1=O. The quantitative estimate of drug-likeness (QED) is 0.846. The van der Waals surface area contributed by atoms with Crippen LogP contribution in [0.15, 0.2) is 35.8 Å². The summed E-state index contributed by atoms with van der Waals surface area (Å²) in [7, 11) is 1.70. The molecular formula is C13H10ClNO3. The number of halogens is 1. The first-order valence-corrected chi connectivity index (χ1v) is 5.51. The van der Waals surface area contributed by atoms with Crippen LogP contribution in [0.1, 0.15) is 5.56 Å². The molecule has 0 spiro atoms. The highest BCUT2D eigenvalue weighted by molar-refractivity contribution is 6.35. The zero-order chi connectivity index (χ0) is 13.4. The summed E-state index contributed by atoms with van der Waals surface area (Å²) >= 11 is 6.03. The number of fused-ring (bicyclic) bond motifs is 1. The van der Waals surface area contributed by atoms with E-state index in [2.05, 4.69) is 6.58 Å². The van der Waals surface area contributed by atoms with Gasteiger partial charge >= 0.3 is 5.97 Å². The van der Waals surface area contributed by atoms with Crippen LogP contribution in [0.5, 0.6) is 0 Å². The minimum Gasteiger partial charge on any atom is -0.478 e. The van der Waals surface area contributed by atoms with Gasteiger partial charge in [0, 0.05) is 18.6 Å². The van der Waals surface area contributed by atoms with E-state index in [0.717, 1.165) is 0 Å². The second-order valence-electron chi connectivity index (χ2n) is 3.90.